The molecule has 12 heteroatoms. The first-order chi connectivity index (χ1) is 22.0. The number of aryl methyl sites for hydroxylation is 2. The maximum atomic E-state index is 13.2. The first-order valence-electron chi connectivity index (χ1n) is 15.8. The largest absolute Gasteiger partial charge is 0.459 e. The zero-order chi connectivity index (χ0) is 33.2. The molecule has 46 heavy (non-hydrogen) atoms. The Morgan fingerprint density at radius 2 is 1.61 bits per heavy atom. The van der Waals surface area contributed by atoms with Gasteiger partial charge in [0, 0.05) is 37.8 Å². The van der Waals surface area contributed by atoms with E-state index in [2.05, 4.69) is 27.0 Å². The van der Waals surface area contributed by atoms with E-state index < -0.39 is 17.2 Å². The van der Waals surface area contributed by atoms with Crippen LogP contribution < -0.4 is 21.7 Å². The first kappa shape index (κ1) is 32.6. The molecule has 242 valence electrons. The zero-order valence-electron chi connectivity index (χ0n) is 27.0. The predicted octanol–water partition coefficient (Wildman–Crippen LogP) is 2.45. The maximum absolute atomic E-state index is 13.2. The fourth-order valence-electron chi connectivity index (χ4n) is 6.98. The van der Waals surface area contributed by atoms with E-state index in [0.29, 0.717) is 49.2 Å². The van der Waals surface area contributed by atoms with Crippen LogP contribution in [-0.4, -0.2) is 71.6 Å². The highest BCUT2D eigenvalue weighted by molar-refractivity contribution is 5.95. The normalized spacial score (nSPS) is 17.4. The van der Waals surface area contributed by atoms with Crippen molar-refractivity contribution in [1.82, 2.24) is 30.6 Å². The van der Waals surface area contributed by atoms with Crippen molar-refractivity contribution in [2.24, 2.45) is 0 Å². The minimum Gasteiger partial charge on any atom is -0.355 e. The maximum Gasteiger partial charge on any atom is 0.459 e. The van der Waals surface area contributed by atoms with E-state index >= 15 is 0 Å². The molecule has 2 aliphatic rings. The number of nitriles is 1. The number of benzene rings is 2. The van der Waals surface area contributed by atoms with Crippen LogP contribution in [0.15, 0.2) is 45.7 Å². The average Bonchev–Trinajstić information content (AvgIpc) is 3.68. The molecule has 0 saturated carbocycles. The van der Waals surface area contributed by atoms with Gasteiger partial charge in [0.2, 0.25) is 5.91 Å². The Hall–Kier alpha value is -4.76. The van der Waals surface area contributed by atoms with Crippen LogP contribution in [0.4, 0.5) is 0 Å². The van der Waals surface area contributed by atoms with Gasteiger partial charge in [-0.25, -0.2) is 4.79 Å². The van der Waals surface area contributed by atoms with Crippen LogP contribution >= 0.6 is 0 Å². The van der Waals surface area contributed by atoms with Crippen LogP contribution in [0.1, 0.15) is 94.9 Å². The Morgan fingerprint density at radius 3 is 2.13 bits per heavy atom. The molecule has 5 rings (SSSR count). The minimum atomic E-state index is -1.07. The van der Waals surface area contributed by atoms with Crippen molar-refractivity contribution in [3.8, 4) is 6.07 Å². The van der Waals surface area contributed by atoms with Gasteiger partial charge in [0.25, 0.3) is 11.8 Å². The van der Waals surface area contributed by atoms with Crippen LogP contribution in [0.3, 0.4) is 0 Å². The van der Waals surface area contributed by atoms with Crippen molar-refractivity contribution >= 4 is 17.7 Å². The fraction of sp³-hybridized carbons (Fsp3) is 0.471. The number of aromatic nitrogens is 2. The van der Waals surface area contributed by atoms with Gasteiger partial charge in [-0.05, 0) is 99.4 Å². The summed E-state index contributed by atoms with van der Waals surface area (Å²) in [7, 11) is 3.17. The lowest BCUT2D eigenvalue weighted by atomic mass is 9.67. The quantitative estimate of drug-likeness (QED) is 0.326. The lowest BCUT2D eigenvalue weighted by Gasteiger charge is -2.38. The molecule has 12 nitrogen and oxygen atoms in total. The molecular weight excluding hydrogens is 586 g/mol. The van der Waals surface area contributed by atoms with Crippen LogP contribution in [0.5, 0.6) is 0 Å². The molecular formula is C34H41N7O5. The summed E-state index contributed by atoms with van der Waals surface area (Å²) in [5, 5.41) is 18.3. The van der Waals surface area contributed by atoms with Gasteiger partial charge >= 0.3 is 5.76 Å². The van der Waals surface area contributed by atoms with E-state index in [1.165, 1.54) is 0 Å². The third-order valence-electron chi connectivity index (χ3n) is 9.14. The molecule has 3 amide bonds. The number of carbonyl (C=O) groups excluding carboxylic acids is 3. The lowest BCUT2D eigenvalue weighted by molar-refractivity contribution is -0.130. The Bertz CT molecular complexity index is 1680. The fourth-order valence-corrected chi connectivity index (χ4v) is 6.98. The first-order valence-corrected chi connectivity index (χ1v) is 15.8. The molecule has 3 aromatic rings. The summed E-state index contributed by atoms with van der Waals surface area (Å²) >= 11 is 0. The molecule has 3 N–H and O–H groups in total. The molecule has 1 aromatic heterocycles. The standard InChI is InChI=1S/C34H41N7O5/c1-20(2)41-32(39-33(45)46-41)34(17-21(3)38-19-29(42)40-14-6-7-26(40)18-35)27-12-10-24(30(43)36-4)15-22(27)8-9-23-16-25(31(44)37-5)11-13-28(23)34/h10-13,15-16,20-21,26,38H,6-9,14,17,19H2,1-5H3,(H,36,43)(H,37,44)/t21-,26?/m1/s1. The van der Waals surface area contributed by atoms with E-state index in [1.807, 2.05) is 45.0 Å². The topological polar surface area (TPSA) is 162 Å². The van der Waals surface area contributed by atoms with Crippen molar-refractivity contribution < 1.29 is 18.9 Å². The Morgan fingerprint density at radius 1 is 1.02 bits per heavy atom. The number of rotatable bonds is 9. The molecule has 2 heterocycles. The van der Waals surface area contributed by atoms with Crippen LogP contribution in [0, 0.1) is 11.3 Å². The average molecular weight is 628 g/mol. The number of amides is 3. The predicted molar refractivity (Wildman–Crippen MR) is 171 cm³/mol. The number of hydrogen-bond acceptors (Lipinski definition) is 8. The summed E-state index contributed by atoms with van der Waals surface area (Å²) in [5.74, 6) is -0.905. The zero-order valence-corrected chi connectivity index (χ0v) is 27.0. The van der Waals surface area contributed by atoms with E-state index in [0.717, 1.165) is 28.7 Å². The van der Waals surface area contributed by atoms with Gasteiger partial charge in [-0.3, -0.25) is 14.4 Å². The third-order valence-corrected chi connectivity index (χ3v) is 9.14. The van der Waals surface area contributed by atoms with Crippen LogP contribution in [-0.2, 0) is 23.1 Å². The van der Waals surface area contributed by atoms with Gasteiger partial charge in [-0.1, -0.05) is 12.1 Å². The van der Waals surface area contributed by atoms with Gasteiger partial charge in [0.1, 0.15) is 6.04 Å². The summed E-state index contributed by atoms with van der Waals surface area (Å²) in [6.45, 7) is 6.38. The van der Waals surface area contributed by atoms with Gasteiger partial charge < -0.3 is 25.4 Å². The second kappa shape index (κ2) is 13.3. The van der Waals surface area contributed by atoms with Crippen molar-refractivity contribution in [3.05, 3.63) is 86.2 Å². The smallest absolute Gasteiger partial charge is 0.355 e. The summed E-state index contributed by atoms with van der Waals surface area (Å²) in [5.41, 5.74) is 3.46. The van der Waals surface area contributed by atoms with Gasteiger partial charge in [0.05, 0.1) is 24.1 Å². The van der Waals surface area contributed by atoms with Crippen molar-refractivity contribution in [1.29, 1.82) is 5.26 Å². The van der Waals surface area contributed by atoms with Crippen molar-refractivity contribution in [3.63, 3.8) is 0 Å². The Labute approximate surface area is 268 Å². The minimum absolute atomic E-state index is 0.0379. The number of nitrogens with one attached hydrogen (secondary N) is 3. The number of fused-ring (bicyclic) bond motifs is 2. The number of hydrogen-bond donors (Lipinski definition) is 3. The van der Waals surface area contributed by atoms with Crippen LogP contribution in [0.2, 0.25) is 0 Å². The monoisotopic (exact) mass is 627 g/mol. The van der Waals surface area contributed by atoms with Crippen molar-refractivity contribution in [2.45, 2.75) is 76.4 Å². The molecule has 1 fully saturated rings. The molecule has 0 radical (unpaired) electrons. The number of likely N-dealkylation sites (tertiary alicyclic amines) is 1. The van der Waals surface area contributed by atoms with Gasteiger partial charge in [0.15, 0.2) is 5.82 Å². The Kier molecular flexibility index (Phi) is 9.44. The van der Waals surface area contributed by atoms with Gasteiger partial charge in [-0.2, -0.15) is 15.0 Å². The number of carbonyl (C=O) groups is 3. The molecule has 2 aromatic carbocycles. The summed E-state index contributed by atoms with van der Waals surface area (Å²) in [6.07, 6.45) is 2.97. The summed E-state index contributed by atoms with van der Waals surface area (Å²) < 4.78 is 7.21. The Balaban J connectivity index is 1.70. The second-order valence-electron chi connectivity index (χ2n) is 12.4. The third kappa shape index (κ3) is 5.95. The SMILES string of the molecule is CNC(=O)c1ccc2c(c1)CCc1cc(C(=O)NC)ccc1C2(C[C@@H](C)NCC(=O)N1CCCC1C#N)c1nc(=O)on1C(C)C. The molecule has 1 unspecified atom stereocenters. The second-order valence-corrected chi connectivity index (χ2v) is 12.4. The van der Waals surface area contributed by atoms with Crippen molar-refractivity contribution in [2.75, 3.05) is 27.2 Å². The molecule has 1 aliphatic carbocycles. The highest BCUT2D eigenvalue weighted by Crippen LogP contribution is 2.48. The van der Waals surface area contributed by atoms with E-state index in [4.69, 9.17) is 4.52 Å². The van der Waals surface area contributed by atoms with Crippen LogP contribution in [0.25, 0.3) is 0 Å². The summed E-state index contributed by atoms with van der Waals surface area (Å²) in [6, 6.07) is 12.4. The van der Waals surface area contributed by atoms with E-state index in [1.54, 1.807) is 35.9 Å². The molecule has 0 spiro atoms. The summed E-state index contributed by atoms with van der Waals surface area (Å²) in [4.78, 5) is 57.6. The highest BCUT2D eigenvalue weighted by Gasteiger charge is 2.47. The highest BCUT2D eigenvalue weighted by atomic mass is 16.5. The van der Waals surface area contributed by atoms with E-state index in [-0.39, 0.29) is 36.3 Å². The molecule has 2 atom stereocenters. The number of nitrogens with zero attached hydrogens (tertiary/aromatic N) is 4. The van der Waals surface area contributed by atoms with Gasteiger partial charge in [-0.15, -0.1) is 0 Å². The molecule has 1 aliphatic heterocycles. The molecule has 0 bridgehead atoms. The lowest BCUT2D eigenvalue weighted by Crippen LogP contribution is -2.46. The molecule has 1 saturated heterocycles. The van der Waals surface area contributed by atoms with E-state index in [9.17, 15) is 24.4 Å².